The lowest BCUT2D eigenvalue weighted by Gasteiger charge is -2.25. The Labute approximate surface area is 144 Å². The fraction of sp³-hybridized carbons (Fsp3) is 0.190. The molecule has 0 fully saturated rings. The van der Waals surface area contributed by atoms with E-state index in [0.717, 1.165) is 6.42 Å². The molecule has 0 aliphatic heterocycles. The van der Waals surface area contributed by atoms with Gasteiger partial charge in [-0.2, -0.15) is 0 Å². The molecule has 0 radical (unpaired) electrons. The first-order chi connectivity index (χ1) is 11.8. The van der Waals surface area contributed by atoms with Crippen LogP contribution in [0.1, 0.15) is 13.3 Å². The summed E-state index contributed by atoms with van der Waals surface area (Å²) in [4.78, 5) is 11.0. The van der Waals surface area contributed by atoms with E-state index in [1.165, 1.54) is 22.8 Å². The highest BCUT2D eigenvalue weighted by atomic mass is 31.1. The zero-order chi connectivity index (χ0) is 16.8. The Bertz CT molecular complexity index is 695. The van der Waals surface area contributed by atoms with Gasteiger partial charge in [0.2, 0.25) is 0 Å². The van der Waals surface area contributed by atoms with Gasteiger partial charge in [-0.3, -0.25) is 4.79 Å². The van der Waals surface area contributed by atoms with Crippen molar-refractivity contribution >= 4 is 24.5 Å². The predicted octanol–water partition coefficient (Wildman–Crippen LogP) is 4.14. The van der Waals surface area contributed by atoms with Crippen molar-refractivity contribution in [1.29, 1.82) is 0 Å². The average molecular weight is 336 g/mol. The van der Waals surface area contributed by atoms with Gasteiger partial charge in [-0.25, -0.2) is 0 Å². The highest BCUT2D eigenvalue weighted by molar-refractivity contribution is 7.76. The first-order valence-corrected chi connectivity index (χ1v) is 9.52. The number of ether oxygens (including phenoxy) is 1. The molecule has 0 N–H and O–H groups in total. The lowest BCUT2D eigenvalue weighted by molar-refractivity contribution is -0.141. The van der Waals surface area contributed by atoms with Crippen molar-refractivity contribution in [3.8, 4) is 0 Å². The Kier molecular flexibility index (Phi) is 5.61. The molecule has 1 atom stereocenters. The van der Waals surface area contributed by atoms with Crippen LogP contribution < -0.4 is 10.6 Å². The second-order valence-electron chi connectivity index (χ2n) is 5.72. The molecule has 2 aromatic carbocycles. The van der Waals surface area contributed by atoms with Crippen LogP contribution in [-0.4, -0.2) is 12.6 Å². The van der Waals surface area contributed by atoms with E-state index in [4.69, 9.17) is 4.74 Å². The highest BCUT2D eigenvalue weighted by Gasteiger charge is 2.25. The second kappa shape index (κ2) is 8.08. The van der Waals surface area contributed by atoms with Gasteiger partial charge in [-0.1, -0.05) is 78.9 Å². The zero-order valence-corrected chi connectivity index (χ0v) is 14.7. The summed E-state index contributed by atoms with van der Waals surface area (Å²) in [6, 6.07) is 21.4. The van der Waals surface area contributed by atoms with Crippen LogP contribution in [0.25, 0.3) is 0 Å². The molecule has 0 saturated carbocycles. The fourth-order valence-corrected chi connectivity index (χ4v) is 5.54. The summed E-state index contributed by atoms with van der Waals surface area (Å²) in [6.45, 7) is 1.93. The Hall–Kier alpha value is -2.18. The molecule has 24 heavy (non-hydrogen) atoms. The normalized spacial score (nSPS) is 16.2. The van der Waals surface area contributed by atoms with Crippen molar-refractivity contribution < 1.29 is 9.53 Å². The number of esters is 1. The number of benzene rings is 2. The Morgan fingerprint density at radius 1 is 1.00 bits per heavy atom. The SMILES string of the molecule is CC(=O)OCCC1C=CC=C1P(c1ccccc1)c1ccccc1. The summed E-state index contributed by atoms with van der Waals surface area (Å²) in [5.74, 6) is 0.117. The molecule has 3 rings (SSSR count). The van der Waals surface area contributed by atoms with Crippen molar-refractivity contribution in [2.24, 2.45) is 5.92 Å². The average Bonchev–Trinajstić information content (AvgIpc) is 3.05. The van der Waals surface area contributed by atoms with Crippen molar-refractivity contribution in [3.05, 3.63) is 84.2 Å². The van der Waals surface area contributed by atoms with Crippen molar-refractivity contribution in [2.75, 3.05) is 6.61 Å². The van der Waals surface area contributed by atoms with Crippen molar-refractivity contribution in [3.63, 3.8) is 0 Å². The number of carbonyl (C=O) groups excluding carboxylic acids is 1. The molecular weight excluding hydrogens is 315 g/mol. The maximum absolute atomic E-state index is 11.0. The number of hydrogen-bond acceptors (Lipinski definition) is 2. The van der Waals surface area contributed by atoms with Gasteiger partial charge in [-0.05, 0) is 30.3 Å². The van der Waals surface area contributed by atoms with E-state index in [-0.39, 0.29) is 5.97 Å². The van der Waals surface area contributed by atoms with E-state index in [1.807, 2.05) is 0 Å². The fourth-order valence-electron chi connectivity index (χ4n) is 2.93. The van der Waals surface area contributed by atoms with Crippen LogP contribution in [0.4, 0.5) is 0 Å². The number of allylic oxidation sites excluding steroid dienone is 4. The van der Waals surface area contributed by atoms with E-state index < -0.39 is 7.92 Å². The summed E-state index contributed by atoms with van der Waals surface area (Å²) in [5.41, 5.74) is 0. The number of rotatable bonds is 6. The van der Waals surface area contributed by atoms with Crippen LogP contribution in [0.15, 0.2) is 84.2 Å². The number of carbonyl (C=O) groups is 1. The van der Waals surface area contributed by atoms with Crippen LogP contribution in [-0.2, 0) is 9.53 Å². The third-order valence-corrected chi connectivity index (χ3v) is 6.64. The summed E-state index contributed by atoms with van der Waals surface area (Å²) >= 11 is 0. The third kappa shape index (κ3) is 4.01. The molecule has 1 unspecified atom stereocenters. The topological polar surface area (TPSA) is 26.3 Å². The van der Waals surface area contributed by atoms with E-state index in [1.54, 1.807) is 0 Å². The van der Waals surface area contributed by atoms with Crippen LogP contribution in [0, 0.1) is 5.92 Å². The van der Waals surface area contributed by atoms with Gasteiger partial charge in [0.15, 0.2) is 0 Å². The minimum atomic E-state index is -0.565. The van der Waals surface area contributed by atoms with Gasteiger partial charge < -0.3 is 4.74 Å². The number of hydrogen-bond donors (Lipinski definition) is 0. The Morgan fingerprint density at radius 2 is 1.58 bits per heavy atom. The molecule has 0 heterocycles. The highest BCUT2D eigenvalue weighted by Crippen LogP contribution is 2.49. The maximum atomic E-state index is 11.0. The van der Waals surface area contributed by atoms with Crippen LogP contribution in [0.2, 0.25) is 0 Å². The van der Waals surface area contributed by atoms with Gasteiger partial charge in [0, 0.05) is 12.8 Å². The van der Waals surface area contributed by atoms with Crippen LogP contribution in [0.3, 0.4) is 0 Å². The van der Waals surface area contributed by atoms with Crippen LogP contribution in [0.5, 0.6) is 0 Å². The van der Waals surface area contributed by atoms with Gasteiger partial charge in [-0.15, -0.1) is 0 Å². The van der Waals surface area contributed by atoms with Gasteiger partial charge >= 0.3 is 5.97 Å². The quantitative estimate of drug-likeness (QED) is 0.585. The molecule has 0 spiro atoms. The predicted molar refractivity (Wildman–Crippen MR) is 101 cm³/mol. The van der Waals surface area contributed by atoms with E-state index in [2.05, 4.69) is 78.9 Å². The standard InChI is InChI=1S/C21H21O2P/c1-17(22)23-16-15-18-9-8-14-21(18)24(19-10-4-2-5-11-19)20-12-6-3-7-13-20/h2-14,18H,15-16H2,1H3. The first kappa shape index (κ1) is 16.7. The molecule has 0 amide bonds. The second-order valence-corrected chi connectivity index (χ2v) is 7.94. The maximum Gasteiger partial charge on any atom is 0.302 e. The zero-order valence-electron chi connectivity index (χ0n) is 13.8. The molecular formula is C21H21O2P. The molecule has 1 aliphatic carbocycles. The van der Waals surface area contributed by atoms with Crippen LogP contribution >= 0.6 is 7.92 Å². The molecule has 2 aromatic rings. The lowest BCUT2D eigenvalue weighted by Crippen LogP contribution is -2.16. The van der Waals surface area contributed by atoms with Gasteiger partial charge in [0.1, 0.15) is 0 Å². The molecule has 3 heteroatoms. The molecule has 1 aliphatic rings. The first-order valence-electron chi connectivity index (χ1n) is 8.17. The molecule has 0 saturated heterocycles. The van der Waals surface area contributed by atoms with Crippen molar-refractivity contribution in [1.82, 2.24) is 0 Å². The van der Waals surface area contributed by atoms with E-state index in [9.17, 15) is 4.79 Å². The summed E-state index contributed by atoms with van der Waals surface area (Å²) in [6.07, 6.45) is 7.43. The summed E-state index contributed by atoms with van der Waals surface area (Å²) in [5, 5.41) is 4.13. The molecule has 0 aromatic heterocycles. The Morgan fingerprint density at radius 3 is 2.12 bits per heavy atom. The molecule has 0 bridgehead atoms. The largest absolute Gasteiger partial charge is 0.466 e. The summed E-state index contributed by atoms with van der Waals surface area (Å²) < 4.78 is 5.15. The smallest absolute Gasteiger partial charge is 0.302 e. The minimum absolute atomic E-state index is 0.212. The Balaban J connectivity index is 1.87. The van der Waals surface area contributed by atoms with E-state index >= 15 is 0 Å². The minimum Gasteiger partial charge on any atom is -0.466 e. The van der Waals surface area contributed by atoms with E-state index in [0.29, 0.717) is 12.5 Å². The monoisotopic (exact) mass is 336 g/mol. The van der Waals surface area contributed by atoms with Gasteiger partial charge in [0.05, 0.1) is 6.61 Å². The molecule has 122 valence electrons. The van der Waals surface area contributed by atoms with Crippen molar-refractivity contribution in [2.45, 2.75) is 13.3 Å². The third-order valence-electron chi connectivity index (χ3n) is 4.01. The lowest BCUT2D eigenvalue weighted by atomic mass is 10.1. The summed E-state index contributed by atoms with van der Waals surface area (Å²) in [7, 11) is -0.565. The molecule has 2 nitrogen and oxygen atoms in total. The van der Waals surface area contributed by atoms with Gasteiger partial charge in [0.25, 0.3) is 0 Å².